The highest BCUT2D eigenvalue weighted by atomic mass is 15.1. The van der Waals surface area contributed by atoms with Crippen LogP contribution in [0.15, 0.2) is 48.5 Å². The number of quaternary nitrogens is 1. The lowest BCUT2D eigenvalue weighted by Gasteiger charge is -2.27. The van der Waals surface area contributed by atoms with Crippen molar-refractivity contribution in [2.24, 2.45) is 5.92 Å². The van der Waals surface area contributed by atoms with Gasteiger partial charge in [-0.05, 0) is 44.1 Å². The molecule has 0 saturated heterocycles. The molecule has 124 valence electrons. The smallest absolute Gasteiger partial charge is 0.146 e. The lowest BCUT2D eigenvalue weighted by atomic mass is 9.73. The van der Waals surface area contributed by atoms with Gasteiger partial charge >= 0.3 is 0 Å². The summed E-state index contributed by atoms with van der Waals surface area (Å²) in [5.74, 6) is 1.73. The van der Waals surface area contributed by atoms with E-state index in [-0.39, 0.29) is 11.1 Å². The Morgan fingerprint density at radius 2 is 1.54 bits per heavy atom. The molecule has 0 spiro atoms. The maximum absolute atomic E-state index is 2.67. The van der Waals surface area contributed by atoms with Crippen LogP contribution in [0.3, 0.4) is 0 Å². The molecule has 1 saturated carbocycles. The van der Waals surface area contributed by atoms with E-state index in [1.54, 1.807) is 16.7 Å². The van der Waals surface area contributed by atoms with Crippen LogP contribution in [-0.4, -0.2) is 0 Å². The van der Waals surface area contributed by atoms with Crippen LogP contribution in [0, 0.1) is 5.92 Å². The Hall–Kier alpha value is -1.60. The second-order valence-corrected chi connectivity index (χ2v) is 8.82. The minimum absolute atomic E-state index is 0.0657. The van der Waals surface area contributed by atoms with Crippen LogP contribution in [0.4, 0.5) is 0 Å². The Bertz CT molecular complexity index is 790. The Labute approximate surface area is 145 Å². The normalized spacial score (nSPS) is 33.7. The molecular weight excluding hydrogens is 290 g/mol. The van der Waals surface area contributed by atoms with Gasteiger partial charge in [-0.1, -0.05) is 61.4 Å². The SMILES string of the molecule is CC12C[C@H](CCC3CC3)c3ccccc3[C@](C)([NH2+]1)c1ccccc12. The van der Waals surface area contributed by atoms with E-state index in [2.05, 4.69) is 67.7 Å². The quantitative estimate of drug-likeness (QED) is 0.863. The average molecular weight is 318 g/mol. The van der Waals surface area contributed by atoms with E-state index in [1.807, 2.05) is 0 Å². The van der Waals surface area contributed by atoms with Crippen molar-refractivity contribution in [2.45, 2.75) is 62.9 Å². The van der Waals surface area contributed by atoms with E-state index in [4.69, 9.17) is 0 Å². The van der Waals surface area contributed by atoms with Gasteiger partial charge in [0, 0.05) is 23.1 Å². The Balaban J connectivity index is 1.67. The Kier molecular flexibility index (Phi) is 3.04. The van der Waals surface area contributed by atoms with Gasteiger partial charge in [-0.25, -0.2) is 0 Å². The molecule has 3 aliphatic rings. The third-order valence-electron chi connectivity index (χ3n) is 6.96. The van der Waals surface area contributed by atoms with E-state index in [1.165, 1.54) is 37.7 Å². The van der Waals surface area contributed by atoms with E-state index >= 15 is 0 Å². The first-order chi connectivity index (χ1) is 11.6. The van der Waals surface area contributed by atoms with E-state index < -0.39 is 0 Å². The highest BCUT2D eigenvalue weighted by molar-refractivity contribution is 5.50. The first-order valence-corrected chi connectivity index (χ1v) is 9.67. The van der Waals surface area contributed by atoms with E-state index in [0.717, 1.165) is 5.92 Å². The zero-order valence-electron chi connectivity index (χ0n) is 14.9. The molecule has 3 atom stereocenters. The molecule has 1 heteroatoms. The predicted molar refractivity (Wildman–Crippen MR) is 97.9 cm³/mol. The summed E-state index contributed by atoms with van der Waals surface area (Å²) in [7, 11) is 0. The van der Waals surface area contributed by atoms with Gasteiger partial charge < -0.3 is 5.32 Å². The summed E-state index contributed by atoms with van der Waals surface area (Å²) in [6, 6.07) is 18.5. The van der Waals surface area contributed by atoms with Crippen LogP contribution in [0.2, 0.25) is 0 Å². The molecule has 5 rings (SSSR count). The molecule has 1 aliphatic carbocycles. The molecule has 1 fully saturated rings. The van der Waals surface area contributed by atoms with Gasteiger partial charge in [0.25, 0.3) is 0 Å². The number of hydrogen-bond donors (Lipinski definition) is 1. The summed E-state index contributed by atoms with van der Waals surface area (Å²) in [5, 5.41) is 2.67. The lowest BCUT2D eigenvalue weighted by Crippen LogP contribution is -2.98. The first-order valence-electron chi connectivity index (χ1n) is 9.67. The van der Waals surface area contributed by atoms with Gasteiger partial charge in [-0.2, -0.15) is 0 Å². The van der Waals surface area contributed by atoms with Gasteiger partial charge in [-0.3, -0.25) is 0 Å². The van der Waals surface area contributed by atoms with Crippen LogP contribution >= 0.6 is 0 Å². The van der Waals surface area contributed by atoms with Crippen molar-refractivity contribution in [3.63, 3.8) is 0 Å². The van der Waals surface area contributed by atoms with Gasteiger partial charge in [0.2, 0.25) is 0 Å². The molecule has 24 heavy (non-hydrogen) atoms. The van der Waals surface area contributed by atoms with Crippen LogP contribution in [0.5, 0.6) is 0 Å². The molecule has 1 unspecified atom stereocenters. The van der Waals surface area contributed by atoms with Crippen molar-refractivity contribution < 1.29 is 5.32 Å². The number of hydrogen-bond acceptors (Lipinski definition) is 0. The highest BCUT2D eigenvalue weighted by Crippen LogP contribution is 2.50. The molecule has 2 aromatic carbocycles. The molecule has 0 radical (unpaired) electrons. The predicted octanol–water partition coefficient (Wildman–Crippen LogP) is 4.42. The maximum atomic E-state index is 2.67. The molecule has 0 amide bonds. The average Bonchev–Trinajstić information content (AvgIpc) is 3.39. The Morgan fingerprint density at radius 1 is 0.875 bits per heavy atom. The number of benzene rings is 2. The largest absolute Gasteiger partial charge is 0.326 e. The summed E-state index contributed by atoms with van der Waals surface area (Å²) in [6.45, 7) is 4.92. The summed E-state index contributed by atoms with van der Waals surface area (Å²) in [6.07, 6.45) is 7.00. The number of rotatable bonds is 3. The monoisotopic (exact) mass is 318 g/mol. The van der Waals surface area contributed by atoms with Crippen molar-refractivity contribution in [3.8, 4) is 0 Å². The molecular formula is C23H28N+. The molecule has 2 heterocycles. The van der Waals surface area contributed by atoms with Crippen molar-refractivity contribution in [3.05, 3.63) is 70.8 Å². The fourth-order valence-corrected chi connectivity index (χ4v) is 5.67. The molecule has 2 aliphatic heterocycles. The summed E-state index contributed by atoms with van der Waals surface area (Å²) >= 11 is 0. The van der Waals surface area contributed by atoms with Crippen LogP contribution < -0.4 is 5.32 Å². The Morgan fingerprint density at radius 3 is 2.29 bits per heavy atom. The summed E-state index contributed by atoms with van der Waals surface area (Å²) in [4.78, 5) is 0. The molecule has 0 aromatic heterocycles. The lowest BCUT2D eigenvalue weighted by molar-refractivity contribution is -0.781. The van der Waals surface area contributed by atoms with Gasteiger partial charge in [0.15, 0.2) is 0 Å². The number of fused-ring (bicyclic) bond motifs is 7. The molecule has 1 nitrogen and oxygen atoms in total. The molecule has 2 bridgehead atoms. The first kappa shape index (κ1) is 14.7. The van der Waals surface area contributed by atoms with Crippen LogP contribution in [0.25, 0.3) is 0 Å². The molecule has 2 N–H and O–H groups in total. The van der Waals surface area contributed by atoms with Crippen molar-refractivity contribution in [2.75, 3.05) is 0 Å². The fourth-order valence-electron chi connectivity index (χ4n) is 5.67. The third-order valence-corrected chi connectivity index (χ3v) is 6.96. The maximum Gasteiger partial charge on any atom is 0.146 e. The second-order valence-electron chi connectivity index (χ2n) is 8.82. The minimum atomic E-state index is 0.0657. The topological polar surface area (TPSA) is 16.6 Å². The van der Waals surface area contributed by atoms with Gasteiger partial charge in [0.05, 0.1) is 0 Å². The van der Waals surface area contributed by atoms with Crippen LogP contribution in [0.1, 0.15) is 74.1 Å². The van der Waals surface area contributed by atoms with Crippen molar-refractivity contribution in [1.29, 1.82) is 0 Å². The number of nitrogens with two attached hydrogens (primary N) is 1. The standard InChI is InChI=1S/C23H27N/c1-22-15-17(14-13-16-11-12-16)18-7-3-4-8-19(18)23(2,24-22)21-10-6-5-9-20(21)22/h3-10,16-17,24H,11-15H2,1-2H3/p+1/t17-,22?,23-/m0/s1. The zero-order valence-corrected chi connectivity index (χ0v) is 14.9. The molecule has 2 aromatic rings. The van der Waals surface area contributed by atoms with Gasteiger partial charge in [-0.15, -0.1) is 0 Å². The van der Waals surface area contributed by atoms with Crippen molar-refractivity contribution in [1.82, 2.24) is 0 Å². The highest BCUT2D eigenvalue weighted by Gasteiger charge is 2.55. The summed E-state index contributed by atoms with van der Waals surface area (Å²) < 4.78 is 0. The second kappa shape index (κ2) is 4.95. The van der Waals surface area contributed by atoms with E-state index in [0.29, 0.717) is 5.92 Å². The van der Waals surface area contributed by atoms with Crippen LogP contribution in [-0.2, 0) is 11.1 Å². The van der Waals surface area contributed by atoms with Gasteiger partial charge in [0.1, 0.15) is 11.1 Å². The summed E-state index contributed by atoms with van der Waals surface area (Å²) in [5.41, 5.74) is 6.54. The zero-order chi connectivity index (χ0) is 16.4. The fraction of sp³-hybridized carbons (Fsp3) is 0.478. The van der Waals surface area contributed by atoms with Crippen molar-refractivity contribution >= 4 is 0 Å². The third kappa shape index (κ3) is 2.04. The van der Waals surface area contributed by atoms with E-state index in [9.17, 15) is 0 Å². The minimum Gasteiger partial charge on any atom is -0.326 e.